The largest absolute Gasteiger partial charge is 0.854 e. The highest BCUT2D eigenvalue weighted by Gasteiger charge is 2.43. The number of benzene rings is 2. The summed E-state index contributed by atoms with van der Waals surface area (Å²) in [5, 5.41) is 18.1. The fraction of sp³-hybridized carbons (Fsp3) is 0.217. The van der Waals surface area contributed by atoms with Crippen molar-refractivity contribution in [3.05, 3.63) is 66.7 Å². The average molecular weight is 435 g/mol. The molecular weight excluding hydrogens is 412 g/mol. The molecule has 0 bridgehead atoms. The maximum Gasteiger partial charge on any atom is 0.293 e. The Balaban J connectivity index is 1.95. The number of amides is 1. The molecule has 8 heteroatoms. The Kier molecular flexibility index (Phi) is 5.90. The van der Waals surface area contributed by atoms with Crippen LogP contribution in [0.4, 0.5) is 5.69 Å². The summed E-state index contributed by atoms with van der Waals surface area (Å²) in [7, 11) is 0. The number of carbonyl (C=O) groups excluding carboxylic acids is 1. The molecule has 0 radical (unpaired) electrons. The Morgan fingerprint density at radius 1 is 1.29 bits per heavy atom. The fourth-order valence-electron chi connectivity index (χ4n) is 3.67. The van der Waals surface area contributed by atoms with Crippen molar-refractivity contribution in [2.75, 3.05) is 17.3 Å². The minimum atomic E-state index is -0.628. The minimum absolute atomic E-state index is 0.157. The molecule has 4 rings (SSSR count). The van der Waals surface area contributed by atoms with Gasteiger partial charge in [-0.1, -0.05) is 34.7 Å². The van der Waals surface area contributed by atoms with Crippen molar-refractivity contribution in [3.63, 3.8) is 0 Å². The monoisotopic (exact) mass is 434 g/mol. The molecule has 0 aliphatic carbocycles. The van der Waals surface area contributed by atoms with Crippen molar-refractivity contribution in [3.8, 4) is 22.9 Å². The van der Waals surface area contributed by atoms with E-state index in [1.165, 1.54) is 18.7 Å². The quantitative estimate of drug-likeness (QED) is 0.337. The number of para-hydroxylation sites is 1. The van der Waals surface area contributed by atoms with Crippen molar-refractivity contribution >= 4 is 23.4 Å². The molecule has 7 nitrogen and oxygen atoms in total. The lowest BCUT2D eigenvalue weighted by atomic mass is 10.0. The van der Waals surface area contributed by atoms with Crippen LogP contribution < -0.4 is 19.4 Å². The molecule has 0 N–H and O–H groups in total. The summed E-state index contributed by atoms with van der Waals surface area (Å²) in [4.78, 5) is 18.6. The van der Waals surface area contributed by atoms with E-state index in [0.29, 0.717) is 34.5 Å². The molecule has 0 fully saturated rings. The fourth-order valence-corrected chi connectivity index (χ4v) is 4.23. The Morgan fingerprint density at radius 3 is 2.71 bits per heavy atom. The van der Waals surface area contributed by atoms with Gasteiger partial charge in [0.05, 0.1) is 23.7 Å². The summed E-state index contributed by atoms with van der Waals surface area (Å²) < 4.78 is 7.17. The molecule has 2 heterocycles. The molecule has 0 spiro atoms. The van der Waals surface area contributed by atoms with Crippen LogP contribution in [0.15, 0.2) is 66.3 Å². The predicted octanol–water partition coefficient (Wildman–Crippen LogP) is 3.09. The van der Waals surface area contributed by atoms with Gasteiger partial charge in [-0.2, -0.15) is 0 Å². The van der Waals surface area contributed by atoms with Crippen LogP contribution in [0.25, 0.3) is 11.3 Å². The molecule has 1 aliphatic heterocycles. The van der Waals surface area contributed by atoms with Gasteiger partial charge in [0.25, 0.3) is 17.0 Å². The Bertz CT molecular complexity index is 1130. The molecule has 3 aromatic rings. The lowest BCUT2D eigenvalue weighted by Crippen LogP contribution is -2.58. The normalized spacial score (nSPS) is 14.5. The van der Waals surface area contributed by atoms with E-state index in [4.69, 9.17) is 4.74 Å². The zero-order chi connectivity index (χ0) is 22.0. The van der Waals surface area contributed by atoms with E-state index in [9.17, 15) is 9.90 Å². The van der Waals surface area contributed by atoms with Gasteiger partial charge in [0.1, 0.15) is 5.75 Å². The lowest BCUT2D eigenvalue weighted by molar-refractivity contribution is -0.764. The number of hydrogen-bond donors (Lipinski definition) is 0. The second kappa shape index (κ2) is 8.77. The van der Waals surface area contributed by atoms with Crippen molar-refractivity contribution < 1.29 is 19.3 Å². The van der Waals surface area contributed by atoms with E-state index in [-0.39, 0.29) is 11.8 Å². The van der Waals surface area contributed by atoms with Crippen molar-refractivity contribution in [1.29, 1.82) is 0 Å². The zero-order valence-corrected chi connectivity index (χ0v) is 18.1. The molecule has 31 heavy (non-hydrogen) atoms. The number of ether oxygens (including phenoxy) is 1. The number of rotatable bonds is 6. The van der Waals surface area contributed by atoms with Gasteiger partial charge in [-0.25, -0.2) is 9.88 Å². The maximum absolute atomic E-state index is 13.1. The SMILES string of the molecule is C=CCSc1nc([O-])c2[n+](n1)C(c1ccc(OCC)cc1)N(C(C)=O)c1ccccc1-2. The van der Waals surface area contributed by atoms with Crippen molar-refractivity contribution in [2.24, 2.45) is 0 Å². The van der Waals surface area contributed by atoms with E-state index in [0.717, 1.165) is 11.3 Å². The summed E-state index contributed by atoms with van der Waals surface area (Å²) in [6.07, 6.45) is 1.10. The number of thioether (sulfide) groups is 1. The van der Waals surface area contributed by atoms with Crippen LogP contribution in [0.2, 0.25) is 0 Å². The van der Waals surface area contributed by atoms with E-state index in [2.05, 4.69) is 16.7 Å². The number of aromatic nitrogens is 3. The molecule has 1 atom stereocenters. The summed E-state index contributed by atoms with van der Waals surface area (Å²) in [5.74, 6) is 0.764. The molecule has 1 aliphatic rings. The number of anilines is 1. The molecule has 1 unspecified atom stereocenters. The number of fused-ring (bicyclic) bond motifs is 3. The smallest absolute Gasteiger partial charge is 0.293 e. The number of hydrogen-bond acceptors (Lipinski definition) is 6. The first kappa shape index (κ1) is 20.9. The van der Waals surface area contributed by atoms with Gasteiger partial charge < -0.3 is 9.84 Å². The van der Waals surface area contributed by atoms with E-state index >= 15 is 0 Å². The minimum Gasteiger partial charge on any atom is -0.854 e. The van der Waals surface area contributed by atoms with Crippen LogP contribution in [-0.4, -0.2) is 28.3 Å². The Hall–Kier alpha value is -3.39. The van der Waals surface area contributed by atoms with E-state index in [1.54, 1.807) is 15.7 Å². The molecule has 158 valence electrons. The highest BCUT2D eigenvalue weighted by atomic mass is 32.2. The third-order valence-corrected chi connectivity index (χ3v) is 5.71. The first-order valence-corrected chi connectivity index (χ1v) is 10.9. The summed E-state index contributed by atoms with van der Waals surface area (Å²) in [5.41, 5.74) is 2.44. The number of carbonyl (C=O) groups is 1. The molecule has 0 saturated carbocycles. The highest BCUT2D eigenvalue weighted by Crippen LogP contribution is 2.40. The first-order valence-electron chi connectivity index (χ1n) is 9.91. The standard InChI is InChI=1S/C23H22N4O3S/c1-4-14-31-23-24-21(29)20-18-8-6-7-9-19(18)26(15(3)28)22(27(20)25-23)16-10-12-17(13-11-16)30-5-2/h4,6-13,22H,1,5,14H2,2-3H3. The molecule has 0 saturated heterocycles. The van der Waals surface area contributed by atoms with Gasteiger partial charge in [0.2, 0.25) is 5.91 Å². The van der Waals surface area contributed by atoms with Crippen LogP contribution in [0.3, 0.4) is 0 Å². The molecule has 1 aromatic heterocycles. The topological polar surface area (TPSA) is 82.3 Å². The van der Waals surface area contributed by atoms with Gasteiger partial charge in [-0.05, 0) is 43.3 Å². The van der Waals surface area contributed by atoms with Crippen LogP contribution in [0, 0.1) is 0 Å². The third kappa shape index (κ3) is 3.86. The zero-order valence-electron chi connectivity index (χ0n) is 17.3. The van der Waals surface area contributed by atoms with Gasteiger partial charge >= 0.3 is 0 Å². The summed E-state index contributed by atoms with van der Waals surface area (Å²) in [6, 6.07) is 14.8. The molecule has 1 amide bonds. The summed E-state index contributed by atoms with van der Waals surface area (Å²) >= 11 is 1.32. The van der Waals surface area contributed by atoms with Crippen LogP contribution >= 0.6 is 11.8 Å². The Labute approximate surface area is 185 Å². The second-order valence-corrected chi connectivity index (χ2v) is 7.86. The molecular formula is C23H22N4O3S. The second-order valence-electron chi connectivity index (χ2n) is 6.87. The molecule has 2 aromatic carbocycles. The Morgan fingerprint density at radius 2 is 2.03 bits per heavy atom. The number of nitrogens with zero attached hydrogens (tertiary/aromatic N) is 4. The van der Waals surface area contributed by atoms with Gasteiger partial charge in [-0.15, -0.1) is 6.58 Å². The summed E-state index contributed by atoms with van der Waals surface area (Å²) in [6.45, 7) is 7.70. The van der Waals surface area contributed by atoms with E-state index < -0.39 is 6.17 Å². The van der Waals surface area contributed by atoms with Crippen molar-refractivity contribution in [1.82, 2.24) is 10.1 Å². The van der Waals surface area contributed by atoms with Crippen LogP contribution in [-0.2, 0) is 4.79 Å². The van der Waals surface area contributed by atoms with Crippen LogP contribution in [0.1, 0.15) is 25.6 Å². The third-order valence-electron chi connectivity index (χ3n) is 4.88. The van der Waals surface area contributed by atoms with Crippen LogP contribution in [0.5, 0.6) is 11.6 Å². The maximum atomic E-state index is 13.1. The van der Waals surface area contributed by atoms with E-state index in [1.807, 2.05) is 55.5 Å². The average Bonchev–Trinajstić information content (AvgIpc) is 2.77. The lowest BCUT2D eigenvalue weighted by Gasteiger charge is -2.32. The predicted molar refractivity (Wildman–Crippen MR) is 117 cm³/mol. The van der Waals surface area contributed by atoms with Gasteiger partial charge in [-0.3, -0.25) is 4.79 Å². The van der Waals surface area contributed by atoms with Crippen molar-refractivity contribution in [2.45, 2.75) is 25.2 Å². The van der Waals surface area contributed by atoms with Gasteiger partial charge in [0.15, 0.2) is 0 Å². The van der Waals surface area contributed by atoms with Gasteiger partial charge in [0, 0.05) is 23.3 Å². The highest BCUT2D eigenvalue weighted by molar-refractivity contribution is 7.99. The first-order chi connectivity index (χ1) is 15.0.